The van der Waals surface area contributed by atoms with Gasteiger partial charge in [0.2, 0.25) is 5.95 Å². The van der Waals surface area contributed by atoms with Crippen molar-refractivity contribution in [2.24, 2.45) is 11.5 Å². The average Bonchev–Trinajstić information content (AvgIpc) is 3.24. The van der Waals surface area contributed by atoms with Crippen LogP contribution < -0.4 is 27.4 Å². The number of primary amides is 1. The van der Waals surface area contributed by atoms with E-state index in [-0.39, 0.29) is 35.5 Å². The molecule has 0 unspecified atom stereocenters. The maximum atomic E-state index is 12.2. The maximum Gasteiger partial charge on any atom is 0.273 e. The number of rotatable bonds is 6. The summed E-state index contributed by atoms with van der Waals surface area (Å²) < 4.78 is 0.915. The number of thiophene rings is 1. The number of hydrogen-bond acceptors (Lipinski definition) is 9. The first-order valence-electron chi connectivity index (χ1n) is 10.0. The van der Waals surface area contributed by atoms with E-state index in [0.717, 1.165) is 35.8 Å². The van der Waals surface area contributed by atoms with Crippen molar-refractivity contribution >= 4 is 50.7 Å². The first-order valence-corrected chi connectivity index (χ1v) is 10.9. The topological polar surface area (TPSA) is 161 Å². The lowest BCUT2D eigenvalue weighted by atomic mass is 9.91. The minimum absolute atomic E-state index is 0.000699. The fraction of sp³-hybridized carbons (Fsp3) is 0.350. The third-order valence-electron chi connectivity index (χ3n) is 5.37. The van der Waals surface area contributed by atoms with E-state index in [2.05, 4.69) is 31.1 Å². The van der Waals surface area contributed by atoms with Gasteiger partial charge in [0.15, 0.2) is 11.5 Å². The van der Waals surface area contributed by atoms with E-state index in [1.54, 1.807) is 13.1 Å². The van der Waals surface area contributed by atoms with Gasteiger partial charge in [-0.3, -0.25) is 9.59 Å². The van der Waals surface area contributed by atoms with Gasteiger partial charge < -0.3 is 27.4 Å². The fourth-order valence-corrected chi connectivity index (χ4v) is 4.57. The molecule has 2 heterocycles. The minimum atomic E-state index is -0.757. The molecule has 10 nitrogen and oxygen atoms in total. The zero-order valence-electron chi connectivity index (χ0n) is 17.0. The zero-order valence-corrected chi connectivity index (χ0v) is 17.8. The van der Waals surface area contributed by atoms with Crippen molar-refractivity contribution in [3.63, 3.8) is 0 Å². The summed E-state index contributed by atoms with van der Waals surface area (Å²) >= 11 is 1.51. The standard InChI is InChI=1S/C20H24N8O2S/c1-23-19(30)10-8-14(11-6-7-31-15(11)9-10)24-18-16(17(22)29)27-28-20(26-18)25-13-5-3-2-4-12(13)21/h6-9,12-13H,2-5,21H2,1H3,(H2,22,29)(H,23,30)(H2,24,25,26,28)/t12-,13+/m0/s1. The Hall–Kier alpha value is -3.31. The van der Waals surface area contributed by atoms with Gasteiger partial charge in [0.25, 0.3) is 11.8 Å². The molecule has 7 N–H and O–H groups in total. The van der Waals surface area contributed by atoms with Gasteiger partial charge >= 0.3 is 0 Å². The third kappa shape index (κ3) is 4.42. The van der Waals surface area contributed by atoms with Gasteiger partial charge in [-0.1, -0.05) is 12.8 Å². The van der Waals surface area contributed by atoms with E-state index in [1.807, 2.05) is 17.5 Å². The smallest absolute Gasteiger partial charge is 0.273 e. The number of fused-ring (bicyclic) bond motifs is 1. The van der Waals surface area contributed by atoms with Crippen molar-refractivity contribution in [1.29, 1.82) is 0 Å². The van der Waals surface area contributed by atoms with Gasteiger partial charge in [0.1, 0.15) is 0 Å². The predicted molar refractivity (Wildman–Crippen MR) is 121 cm³/mol. The number of nitrogens with one attached hydrogen (secondary N) is 3. The number of carbonyl (C=O) groups excluding carboxylic acids is 2. The summed E-state index contributed by atoms with van der Waals surface area (Å²) in [7, 11) is 1.57. The largest absolute Gasteiger partial charge is 0.364 e. The second kappa shape index (κ2) is 8.82. The highest BCUT2D eigenvalue weighted by Crippen LogP contribution is 2.32. The number of nitrogens with zero attached hydrogens (tertiary/aromatic N) is 3. The van der Waals surface area contributed by atoms with E-state index in [1.165, 1.54) is 11.3 Å². The Kier molecular flexibility index (Phi) is 5.96. The van der Waals surface area contributed by atoms with Crippen LogP contribution in [0.3, 0.4) is 0 Å². The molecule has 1 aromatic carbocycles. The Morgan fingerprint density at radius 1 is 1.19 bits per heavy atom. The lowest BCUT2D eigenvalue weighted by Gasteiger charge is -2.29. The lowest BCUT2D eigenvalue weighted by molar-refractivity contribution is 0.0961. The van der Waals surface area contributed by atoms with Crippen LogP contribution in [0.4, 0.5) is 17.5 Å². The second-order valence-corrected chi connectivity index (χ2v) is 8.40. The zero-order chi connectivity index (χ0) is 22.0. The molecule has 162 valence electrons. The Morgan fingerprint density at radius 2 is 2.00 bits per heavy atom. The highest BCUT2D eigenvalue weighted by Gasteiger charge is 2.24. The molecule has 0 radical (unpaired) electrons. The van der Waals surface area contributed by atoms with Crippen molar-refractivity contribution < 1.29 is 9.59 Å². The Bertz CT molecular complexity index is 1130. The number of hydrogen-bond donors (Lipinski definition) is 5. The van der Waals surface area contributed by atoms with Crippen molar-refractivity contribution in [1.82, 2.24) is 20.5 Å². The van der Waals surface area contributed by atoms with Gasteiger partial charge in [0, 0.05) is 40.5 Å². The van der Waals surface area contributed by atoms with E-state index < -0.39 is 5.91 Å². The SMILES string of the molecule is CNC(=O)c1cc(Nc2nc(N[C@@H]3CCCC[C@@H]3N)nnc2C(N)=O)c2ccsc2c1. The van der Waals surface area contributed by atoms with E-state index >= 15 is 0 Å². The van der Waals surface area contributed by atoms with Crippen LogP contribution in [0.25, 0.3) is 10.1 Å². The molecule has 3 aromatic rings. The molecular formula is C20H24N8O2S. The van der Waals surface area contributed by atoms with E-state index in [0.29, 0.717) is 11.3 Å². The molecule has 1 saturated carbocycles. The maximum absolute atomic E-state index is 12.2. The first-order chi connectivity index (χ1) is 15.0. The molecular weight excluding hydrogens is 416 g/mol. The van der Waals surface area contributed by atoms with E-state index in [4.69, 9.17) is 11.5 Å². The average molecular weight is 441 g/mol. The van der Waals surface area contributed by atoms with Crippen LogP contribution in [0.5, 0.6) is 0 Å². The summed E-state index contributed by atoms with van der Waals surface area (Å²) in [5.41, 5.74) is 12.7. The molecule has 1 aliphatic rings. The van der Waals surface area contributed by atoms with Crippen LogP contribution in [-0.4, -0.2) is 46.1 Å². The summed E-state index contributed by atoms with van der Waals surface area (Å²) in [6.45, 7) is 0. The van der Waals surface area contributed by atoms with Crippen LogP contribution >= 0.6 is 11.3 Å². The molecule has 0 aliphatic heterocycles. The number of benzene rings is 1. The quantitative estimate of drug-likeness (QED) is 0.389. The van der Waals surface area contributed by atoms with Crippen molar-refractivity contribution in [3.8, 4) is 0 Å². The van der Waals surface area contributed by atoms with Gasteiger partial charge in [-0.25, -0.2) is 0 Å². The van der Waals surface area contributed by atoms with Crippen LogP contribution in [-0.2, 0) is 0 Å². The van der Waals surface area contributed by atoms with Crippen molar-refractivity contribution in [2.75, 3.05) is 17.7 Å². The first kappa shape index (κ1) is 20.9. The highest BCUT2D eigenvalue weighted by atomic mass is 32.1. The Balaban J connectivity index is 1.70. The van der Waals surface area contributed by atoms with Crippen molar-refractivity contribution in [3.05, 3.63) is 34.8 Å². The van der Waals surface area contributed by atoms with Crippen molar-refractivity contribution in [2.45, 2.75) is 37.8 Å². The van der Waals surface area contributed by atoms with Gasteiger partial charge in [0.05, 0.1) is 0 Å². The lowest BCUT2D eigenvalue weighted by Crippen LogP contribution is -2.43. The molecule has 2 aromatic heterocycles. The predicted octanol–water partition coefficient (Wildman–Crippen LogP) is 1.97. The fourth-order valence-electron chi connectivity index (χ4n) is 3.72. The number of aromatic nitrogens is 3. The number of nitrogens with two attached hydrogens (primary N) is 2. The molecule has 2 amide bonds. The molecule has 4 rings (SSSR count). The minimum Gasteiger partial charge on any atom is -0.364 e. The van der Waals surface area contributed by atoms with Gasteiger partial charge in [-0.05, 0) is 36.4 Å². The summed E-state index contributed by atoms with van der Waals surface area (Å²) in [4.78, 5) is 28.6. The summed E-state index contributed by atoms with van der Waals surface area (Å²) in [5, 5.41) is 19.8. The monoisotopic (exact) mass is 440 g/mol. The Morgan fingerprint density at radius 3 is 2.74 bits per heavy atom. The second-order valence-electron chi connectivity index (χ2n) is 7.46. The number of anilines is 3. The van der Waals surface area contributed by atoms with Crippen LogP contribution in [0, 0.1) is 0 Å². The summed E-state index contributed by atoms with van der Waals surface area (Å²) in [5.74, 6) is -0.551. The van der Waals surface area contributed by atoms with Gasteiger partial charge in [-0.2, -0.15) is 4.98 Å². The molecule has 31 heavy (non-hydrogen) atoms. The molecule has 1 fully saturated rings. The van der Waals surface area contributed by atoms with Gasteiger partial charge in [-0.15, -0.1) is 21.5 Å². The summed E-state index contributed by atoms with van der Waals surface area (Å²) in [6.07, 6.45) is 4.02. The molecule has 0 bridgehead atoms. The van der Waals surface area contributed by atoms with Crippen LogP contribution in [0.15, 0.2) is 23.6 Å². The normalized spacial score (nSPS) is 18.5. The molecule has 0 saturated heterocycles. The Labute approximate surface area is 182 Å². The van der Waals surface area contributed by atoms with Crippen LogP contribution in [0.2, 0.25) is 0 Å². The number of amides is 2. The molecule has 1 aliphatic carbocycles. The van der Waals surface area contributed by atoms with E-state index in [9.17, 15) is 9.59 Å². The molecule has 11 heteroatoms. The molecule has 0 spiro atoms. The number of carbonyl (C=O) groups is 2. The third-order valence-corrected chi connectivity index (χ3v) is 6.23. The van der Waals surface area contributed by atoms with Crippen LogP contribution in [0.1, 0.15) is 46.5 Å². The highest BCUT2D eigenvalue weighted by molar-refractivity contribution is 7.17. The molecule has 2 atom stereocenters. The summed E-state index contributed by atoms with van der Waals surface area (Å²) in [6, 6.07) is 5.47.